The van der Waals surface area contributed by atoms with Crippen molar-refractivity contribution in [2.75, 3.05) is 5.32 Å². The number of aromatic nitrogens is 2. The van der Waals surface area contributed by atoms with Crippen LogP contribution in [0.5, 0.6) is 0 Å². The molecule has 146 valence electrons. The number of hydrogen-bond donors (Lipinski definition) is 4. The molecule has 2 aromatic rings. The van der Waals surface area contributed by atoms with Crippen LogP contribution in [0.1, 0.15) is 36.8 Å². The number of amides is 4. The summed E-state index contributed by atoms with van der Waals surface area (Å²) in [4.78, 5) is 36.0. The molecule has 2 aliphatic rings. The lowest BCUT2D eigenvalue weighted by Crippen LogP contribution is -2.50. The van der Waals surface area contributed by atoms with Gasteiger partial charge in [-0.3, -0.25) is 20.0 Å². The van der Waals surface area contributed by atoms with Crippen LogP contribution < -0.4 is 16.0 Å². The van der Waals surface area contributed by atoms with E-state index in [4.69, 9.17) is 0 Å². The van der Waals surface area contributed by atoms with Gasteiger partial charge in [0, 0.05) is 17.5 Å². The van der Waals surface area contributed by atoms with Crippen LogP contribution >= 0.6 is 0 Å². The molecule has 1 saturated carbocycles. The van der Waals surface area contributed by atoms with Crippen molar-refractivity contribution in [1.82, 2.24) is 20.8 Å². The zero-order chi connectivity index (χ0) is 19.9. The van der Waals surface area contributed by atoms with Crippen molar-refractivity contribution in [3.63, 3.8) is 0 Å². The minimum atomic E-state index is -0.851. The first-order valence-electron chi connectivity index (χ1n) is 9.43. The smallest absolute Gasteiger partial charge is 0.322 e. The molecule has 0 radical (unpaired) electrons. The molecule has 4 rings (SSSR count). The first-order chi connectivity index (χ1) is 13.3. The number of nitrogens with zero attached hydrogens (tertiary/aromatic N) is 1. The number of anilines is 1. The van der Waals surface area contributed by atoms with Gasteiger partial charge in [-0.15, -0.1) is 0 Å². The maximum absolute atomic E-state index is 12.6. The van der Waals surface area contributed by atoms with Gasteiger partial charge in [0.05, 0.1) is 5.69 Å². The predicted octanol–water partition coefficient (Wildman–Crippen LogP) is 2.40. The average Bonchev–Trinajstić information content (AvgIpc) is 3.19. The fourth-order valence-electron chi connectivity index (χ4n) is 4.15. The third-order valence-electron chi connectivity index (χ3n) is 5.59. The monoisotopic (exact) mass is 381 g/mol. The van der Waals surface area contributed by atoms with E-state index in [-0.39, 0.29) is 17.7 Å². The van der Waals surface area contributed by atoms with E-state index in [1.807, 2.05) is 19.9 Å². The summed E-state index contributed by atoms with van der Waals surface area (Å²) >= 11 is 0. The second-order valence-electron chi connectivity index (χ2n) is 7.80. The zero-order valence-electron chi connectivity index (χ0n) is 15.9. The molecule has 2 fully saturated rings. The summed E-state index contributed by atoms with van der Waals surface area (Å²) in [5.74, 6) is -0.136. The van der Waals surface area contributed by atoms with Crippen LogP contribution in [0.15, 0.2) is 24.3 Å². The SMILES string of the molecule is Cc1cc(C)cc(-c2cc(NC(=O)C3CCC4(CC3)NC(=O)NC4=O)n[nH]2)c1. The van der Waals surface area contributed by atoms with E-state index >= 15 is 0 Å². The van der Waals surface area contributed by atoms with E-state index in [9.17, 15) is 14.4 Å². The minimum Gasteiger partial charge on any atom is -0.323 e. The normalized spacial score (nSPS) is 24.1. The van der Waals surface area contributed by atoms with Gasteiger partial charge < -0.3 is 10.6 Å². The molecule has 1 aromatic heterocycles. The fraction of sp³-hybridized carbons (Fsp3) is 0.400. The molecule has 1 spiro atoms. The van der Waals surface area contributed by atoms with Gasteiger partial charge >= 0.3 is 6.03 Å². The van der Waals surface area contributed by atoms with E-state index < -0.39 is 11.6 Å². The molecule has 2 heterocycles. The molecular weight excluding hydrogens is 358 g/mol. The van der Waals surface area contributed by atoms with Crippen LogP contribution in [0.2, 0.25) is 0 Å². The Morgan fingerprint density at radius 2 is 1.79 bits per heavy atom. The molecule has 4 amide bonds. The van der Waals surface area contributed by atoms with E-state index in [2.05, 4.69) is 44.3 Å². The van der Waals surface area contributed by atoms with Crippen LogP contribution in [-0.2, 0) is 9.59 Å². The van der Waals surface area contributed by atoms with Gasteiger partial charge in [0.15, 0.2) is 5.82 Å². The Labute approximate surface area is 162 Å². The van der Waals surface area contributed by atoms with Crippen molar-refractivity contribution in [1.29, 1.82) is 0 Å². The van der Waals surface area contributed by atoms with Crippen molar-refractivity contribution >= 4 is 23.7 Å². The molecule has 1 aliphatic carbocycles. The largest absolute Gasteiger partial charge is 0.323 e. The minimum absolute atomic E-state index is 0.113. The molecular formula is C20H23N5O3. The van der Waals surface area contributed by atoms with E-state index in [0.717, 1.165) is 22.4 Å². The number of benzene rings is 1. The number of carbonyl (C=O) groups excluding carboxylic acids is 3. The number of urea groups is 1. The van der Waals surface area contributed by atoms with Gasteiger partial charge in [-0.25, -0.2) is 4.79 Å². The van der Waals surface area contributed by atoms with E-state index in [1.54, 1.807) is 0 Å². The molecule has 28 heavy (non-hydrogen) atoms. The van der Waals surface area contributed by atoms with Gasteiger partial charge in [-0.05, 0) is 51.7 Å². The van der Waals surface area contributed by atoms with Crippen molar-refractivity contribution < 1.29 is 14.4 Å². The fourth-order valence-corrected chi connectivity index (χ4v) is 4.15. The van der Waals surface area contributed by atoms with Crippen molar-refractivity contribution in [3.05, 3.63) is 35.4 Å². The lowest BCUT2D eigenvalue weighted by molar-refractivity contribution is -0.128. The Balaban J connectivity index is 1.39. The van der Waals surface area contributed by atoms with E-state index in [1.165, 1.54) is 0 Å². The summed E-state index contributed by atoms with van der Waals surface area (Å²) in [5.41, 5.74) is 3.34. The Morgan fingerprint density at radius 3 is 2.39 bits per heavy atom. The highest BCUT2D eigenvalue weighted by molar-refractivity contribution is 6.07. The van der Waals surface area contributed by atoms with Gasteiger partial charge in [0.25, 0.3) is 5.91 Å². The Bertz CT molecular complexity index is 936. The Hall–Kier alpha value is -3.16. The van der Waals surface area contributed by atoms with Gasteiger partial charge in [-0.1, -0.05) is 17.2 Å². The predicted molar refractivity (Wildman–Crippen MR) is 103 cm³/mol. The molecule has 8 nitrogen and oxygen atoms in total. The Morgan fingerprint density at radius 1 is 1.11 bits per heavy atom. The molecule has 1 saturated heterocycles. The van der Waals surface area contributed by atoms with Crippen molar-refractivity contribution in [2.45, 2.75) is 45.1 Å². The topological polar surface area (TPSA) is 116 Å². The number of H-pyrrole nitrogens is 1. The second-order valence-corrected chi connectivity index (χ2v) is 7.80. The lowest BCUT2D eigenvalue weighted by atomic mass is 9.76. The molecule has 1 aliphatic heterocycles. The molecule has 0 atom stereocenters. The highest BCUT2D eigenvalue weighted by atomic mass is 16.2. The van der Waals surface area contributed by atoms with Gasteiger partial charge in [0.2, 0.25) is 5.91 Å². The van der Waals surface area contributed by atoms with Crippen LogP contribution in [0.25, 0.3) is 11.3 Å². The maximum atomic E-state index is 12.6. The molecule has 4 N–H and O–H groups in total. The summed E-state index contributed by atoms with van der Waals surface area (Å²) in [7, 11) is 0. The Kier molecular flexibility index (Phi) is 4.41. The molecule has 1 aromatic carbocycles. The number of carbonyl (C=O) groups is 3. The number of rotatable bonds is 3. The average molecular weight is 381 g/mol. The lowest BCUT2D eigenvalue weighted by Gasteiger charge is -2.33. The van der Waals surface area contributed by atoms with Crippen molar-refractivity contribution in [3.8, 4) is 11.3 Å². The summed E-state index contributed by atoms with van der Waals surface area (Å²) in [6.07, 6.45) is 1.98. The standard InChI is InChI=1S/C20H23N5O3/c1-11-7-12(2)9-14(8-11)15-10-16(25-24-15)21-17(26)13-3-5-20(6-4-13)18(27)22-19(28)23-20/h7-10,13H,3-6H2,1-2H3,(H2,21,24,25,26)(H2,22,23,27,28). The number of imide groups is 1. The van der Waals surface area contributed by atoms with Crippen LogP contribution in [0.3, 0.4) is 0 Å². The van der Waals surface area contributed by atoms with Crippen molar-refractivity contribution in [2.24, 2.45) is 5.92 Å². The van der Waals surface area contributed by atoms with Gasteiger partial charge in [0.1, 0.15) is 5.54 Å². The molecule has 0 unspecified atom stereocenters. The number of hydrogen-bond acceptors (Lipinski definition) is 4. The zero-order valence-corrected chi connectivity index (χ0v) is 15.9. The third kappa shape index (κ3) is 3.37. The summed E-state index contributed by atoms with van der Waals surface area (Å²) < 4.78 is 0. The van der Waals surface area contributed by atoms with Crippen LogP contribution in [0.4, 0.5) is 10.6 Å². The van der Waals surface area contributed by atoms with Crippen LogP contribution in [0, 0.1) is 19.8 Å². The first kappa shape index (κ1) is 18.2. The summed E-state index contributed by atoms with van der Waals surface area (Å²) in [6, 6.07) is 7.59. The summed E-state index contributed by atoms with van der Waals surface area (Å²) in [5, 5.41) is 15.0. The second kappa shape index (κ2) is 6.78. The quantitative estimate of drug-likeness (QED) is 0.611. The highest BCUT2D eigenvalue weighted by Crippen LogP contribution is 2.34. The van der Waals surface area contributed by atoms with Crippen LogP contribution in [-0.4, -0.2) is 33.6 Å². The molecule has 8 heteroatoms. The number of nitrogens with one attached hydrogen (secondary N) is 4. The number of aromatic amines is 1. The first-order valence-corrected chi connectivity index (χ1v) is 9.43. The maximum Gasteiger partial charge on any atom is 0.322 e. The van der Waals surface area contributed by atoms with Gasteiger partial charge in [-0.2, -0.15) is 5.10 Å². The summed E-state index contributed by atoms with van der Waals surface area (Å²) in [6.45, 7) is 4.08. The molecule has 0 bridgehead atoms. The highest BCUT2D eigenvalue weighted by Gasteiger charge is 2.48. The number of aryl methyl sites for hydroxylation is 2. The van der Waals surface area contributed by atoms with E-state index in [0.29, 0.717) is 31.5 Å². The third-order valence-corrected chi connectivity index (χ3v) is 5.59.